The number of thiophene rings is 1. The zero-order chi connectivity index (χ0) is 16.8. The summed E-state index contributed by atoms with van der Waals surface area (Å²) in [7, 11) is 1.59. The molecule has 1 N–H and O–H groups in total. The molecule has 0 aliphatic heterocycles. The average Bonchev–Trinajstić information content (AvgIpc) is 3.30. The summed E-state index contributed by atoms with van der Waals surface area (Å²) < 4.78 is 10.8. The number of carbonyl (C=O) groups excluding carboxylic acids is 1. The van der Waals surface area contributed by atoms with Crippen LogP contribution in [0.2, 0.25) is 0 Å². The highest BCUT2D eigenvalue weighted by molar-refractivity contribution is 7.10. The summed E-state index contributed by atoms with van der Waals surface area (Å²) in [6, 6.07) is 11.6. The van der Waals surface area contributed by atoms with Crippen LogP contribution in [0.15, 0.2) is 41.8 Å². The van der Waals surface area contributed by atoms with E-state index in [1.54, 1.807) is 24.5 Å². The van der Waals surface area contributed by atoms with E-state index < -0.39 is 0 Å². The molecule has 1 aromatic carbocycles. The molecule has 1 aliphatic carbocycles. The van der Waals surface area contributed by atoms with Crippen LogP contribution in [0.25, 0.3) is 0 Å². The topological polar surface area (TPSA) is 47.6 Å². The summed E-state index contributed by atoms with van der Waals surface area (Å²) in [5, 5.41) is 5.18. The minimum absolute atomic E-state index is 0.000887. The molecule has 4 nitrogen and oxygen atoms in total. The number of carbonyl (C=O) groups is 1. The summed E-state index contributed by atoms with van der Waals surface area (Å²) in [4.78, 5) is 13.6. The molecule has 0 bridgehead atoms. The van der Waals surface area contributed by atoms with Gasteiger partial charge in [0, 0.05) is 16.8 Å². The minimum atomic E-state index is -0.0938. The third kappa shape index (κ3) is 3.73. The Balaban J connectivity index is 1.55. The first-order valence-electron chi connectivity index (χ1n) is 8.30. The Morgan fingerprint density at radius 3 is 2.58 bits per heavy atom. The van der Waals surface area contributed by atoms with Crippen molar-refractivity contribution in [3.8, 4) is 11.5 Å². The molecule has 2 aromatic rings. The Bertz CT molecular complexity index is 663. The standard InChI is InChI=1S/C19H23NO3S/c1-22-15-7-2-3-8-16(15)23-13-18(21)20-14-19(10-4-5-11-19)17-9-6-12-24-17/h2-3,6-9,12H,4-5,10-11,13-14H2,1H3,(H,20,21). The molecule has 5 heteroatoms. The van der Waals surface area contributed by atoms with Crippen LogP contribution in [-0.2, 0) is 10.2 Å². The van der Waals surface area contributed by atoms with E-state index in [1.807, 2.05) is 18.2 Å². The molecule has 24 heavy (non-hydrogen) atoms. The van der Waals surface area contributed by atoms with Crippen LogP contribution in [0.5, 0.6) is 11.5 Å². The van der Waals surface area contributed by atoms with Crippen LogP contribution < -0.4 is 14.8 Å². The normalized spacial score (nSPS) is 15.9. The molecular formula is C19H23NO3S. The largest absolute Gasteiger partial charge is 0.493 e. The lowest BCUT2D eigenvalue weighted by Gasteiger charge is -2.28. The molecule has 3 rings (SSSR count). The molecule has 1 amide bonds. The predicted molar refractivity (Wildman–Crippen MR) is 96.0 cm³/mol. The molecule has 0 unspecified atom stereocenters. The Hall–Kier alpha value is -2.01. The SMILES string of the molecule is COc1ccccc1OCC(=O)NCC1(c2cccs2)CCCC1. The molecule has 1 aliphatic rings. The van der Waals surface area contributed by atoms with Crippen LogP contribution in [0.3, 0.4) is 0 Å². The predicted octanol–water partition coefficient (Wildman–Crippen LogP) is 3.76. The highest BCUT2D eigenvalue weighted by atomic mass is 32.1. The van der Waals surface area contributed by atoms with Gasteiger partial charge in [0.2, 0.25) is 0 Å². The Kier molecular flexibility index (Phi) is 5.41. The van der Waals surface area contributed by atoms with Gasteiger partial charge in [-0.15, -0.1) is 11.3 Å². The first kappa shape index (κ1) is 16.8. The minimum Gasteiger partial charge on any atom is -0.493 e. The van der Waals surface area contributed by atoms with E-state index in [2.05, 4.69) is 22.8 Å². The lowest BCUT2D eigenvalue weighted by atomic mass is 9.84. The smallest absolute Gasteiger partial charge is 0.257 e. The van der Waals surface area contributed by atoms with Crippen molar-refractivity contribution in [2.75, 3.05) is 20.3 Å². The van der Waals surface area contributed by atoms with Crippen LogP contribution in [0.1, 0.15) is 30.6 Å². The number of amides is 1. The number of nitrogens with one attached hydrogen (secondary N) is 1. The zero-order valence-electron chi connectivity index (χ0n) is 13.9. The van der Waals surface area contributed by atoms with Gasteiger partial charge in [-0.25, -0.2) is 0 Å². The second-order valence-electron chi connectivity index (χ2n) is 6.18. The lowest BCUT2D eigenvalue weighted by molar-refractivity contribution is -0.123. The molecule has 0 radical (unpaired) electrons. The van der Waals surface area contributed by atoms with E-state index in [-0.39, 0.29) is 17.9 Å². The summed E-state index contributed by atoms with van der Waals surface area (Å²) in [6.07, 6.45) is 4.74. The van der Waals surface area contributed by atoms with E-state index in [0.29, 0.717) is 18.0 Å². The number of para-hydroxylation sites is 2. The third-order valence-corrected chi connectivity index (χ3v) is 5.77. The second kappa shape index (κ2) is 7.71. The van der Waals surface area contributed by atoms with Crippen LogP contribution in [-0.4, -0.2) is 26.2 Å². The summed E-state index contributed by atoms with van der Waals surface area (Å²) in [5.74, 6) is 1.13. The maximum absolute atomic E-state index is 12.2. The van der Waals surface area contributed by atoms with E-state index >= 15 is 0 Å². The Labute approximate surface area is 146 Å². The molecule has 0 spiro atoms. The fraction of sp³-hybridized carbons (Fsp3) is 0.421. The van der Waals surface area contributed by atoms with Crippen molar-refractivity contribution < 1.29 is 14.3 Å². The first-order chi connectivity index (χ1) is 11.7. The van der Waals surface area contributed by atoms with Crippen molar-refractivity contribution in [2.45, 2.75) is 31.1 Å². The molecule has 1 aromatic heterocycles. The highest BCUT2D eigenvalue weighted by Crippen LogP contribution is 2.42. The fourth-order valence-corrected chi connectivity index (χ4v) is 4.33. The molecule has 0 saturated heterocycles. The molecular weight excluding hydrogens is 322 g/mol. The summed E-state index contributed by atoms with van der Waals surface area (Å²) in [5.41, 5.74) is 0.105. The van der Waals surface area contributed by atoms with Gasteiger partial charge in [0.1, 0.15) is 0 Å². The molecule has 128 valence electrons. The quantitative estimate of drug-likeness (QED) is 0.831. The van der Waals surface area contributed by atoms with Gasteiger partial charge in [0.05, 0.1) is 7.11 Å². The van der Waals surface area contributed by atoms with Gasteiger partial charge in [-0.1, -0.05) is 31.0 Å². The van der Waals surface area contributed by atoms with Gasteiger partial charge < -0.3 is 14.8 Å². The summed E-state index contributed by atoms with van der Waals surface area (Å²) >= 11 is 1.79. The van der Waals surface area contributed by atoms with Gasteiger partial charge in [-0.3, -0.25) is 4.79 Å². The number of hydrogen-bond acceptors (Lipinski definition) is 4. The number of benzene rings is 1. The zero-order valence-corrected chi connectivity index (χ0v) is 14.7. The van der Waals surface area contributed by atoms with Gasteiger partial charge in [-0.05, 0) is 36.4 Å². The van der Waals surface area contributed by atoms with Crippen molar-refractivity contribution >= 4 is 17.2 Å². The number of rotatable bonds is 7. The third-order valence-electron chi connectivity index (χ3n) is 4.66. The molecule has 1 heterocycles. The number of methoxy groups -OCH3 is 1. The van der Waals surface area contributed by atoms with Crippen molar-refractivity contribution in [3.63, 3.8) is 0 Å². The average molecular weight is 345 g/mol. The van der Waals surface area contributed by atoms with E-state index in [1.165, 1.54) is 17.7 Å². The Morgan fingerprint density at radius 1 is 1.17 bits per heavy atom. The van der Waals surface area contributed by atoms with Gasteiger partial charge in [0.25, 0.3) is 5.91 Å². The van der Waals surface area contributed by atoms with Gasteiger partial charge >= 0.3 is 0 Å². The van der Waals surface area contributed by atoms with E-state index in [9.17, 15) is 4.79 Å². The van der Waals surface area contributed by atoms with Crippen molar-refractivity contribution in [3.05, 3.63) is 46.7 Å². The van der Waals surface area contributed by atoms with Crippen molar-refractivity contribution in [1.82, 2.24) is 5.32 Å². The monoisotopic (exact) mass is 345 g/mol. The molecule has 1 saturated carbocycles. The van der Waals surface area contributed by atoms with Gasteiger partial charge in [0.15, 0.2) is 18.1 Å². The maximum Gasteiger partial charge on any atom is 0.257 e. The first-order valence-corrected chi connectivity index (χ1v) is 9.18. The molecule has 0 atom stereocenters. The van der Waals surface area contributed by atoms with E-state index in [0.717, 1.165) is 12.8 Å². The summed E-state index contributed by atoms with van der Waals surface area (Å²) in [6.45, 7) is 0.683. The van der Waals surface area contributed by atoms with Crippen LogP contribution >= 0.6 is 11.3 Å². The van der Waals surface area contributed by atoms with Crippen molar-refractivity contribution in [2.24, 2.45) is 0 Å². The number of hydrogen-bond donors (Lipinski definition) is 1. The van der Waals surface area contributed by atoms with Crippen LogP contribution in [0.4, 0.5) is 0 Å². The second-order valence-corrected chi connectivity index (χ2v) is 7.13. The maximum atomic E-state index is 12.2. The molecule has 1 fully saturated rings. The Morgan fingerprint density at radius 2 is 1.92 bits per heavy atom. The van der Waals surface area contributed by atoms with Crippen LogP contribution in [0, 0.1) is 0 Å². The highest BCUT2D eigenvalue weighted by Gasteiger charge is 2.36. The van der Waals surface area contributed by atoms with Crippen molar-refractivity contribution in [1.29, 1.82) is 0 Å². The van der Waals surface area contributed by atoms with Gasteiger partial charge in [-0.2, -0.15) is 0 Å². The number of ether oxygens (including phenoxy) is 2. The van der Waals surface area contributed by atoms with E-state index in [4.69, 9.17) is 9.47 Å². The lowest BCUT2D eigenvalue weighted by Crippen LogP contribution is -2.40. The fourth-order valence-electron chi connectivity index (χ4n) is 3.34.